The lowest BCUT2D eigenvalue weighted by Gasteiger charge is -2.33. The van der Waals surface area contributed by atoms with E-state index in [0.29, 0.717) is 60.7 Å². The van der Waals surface area contributed by atoms with Crippen molar-refractivity contribution in [2.75, 3.05) is 26.2 Å². The molecular weight excluding hydrogens is 418 g/mol. The van der Waals surface area contributed by atoms with Gasteiger partial charge in [-0.15, -0.1) is 0 Å². The molecule has 3 aromatic rings. The van der Waals surface area contributed by atoms with Gasteiger partial charge in [-0.25, -0.2) is 0 Å². The maximum atomic E-state index is 13.0. The molecule has 1 fully saturated rings. The highest BCUT2D eigenvalue weighted by Crippen LogP contribution is 2.22. The monoisotopic (exact) mass is 441 g/mol. The Morgan fingerprint density at radius 1 is 1.13 bits per heavy atom. The summed E-state index contributed by atoms with van der Waals surface area (Å²) in [5, 5.41) is 4.70. The molecule has 1 aliphatic heterocycles. The average molecular weight is 442 g/mol. The van der Waals surface area contributed by atoms with Crippen molar-refractivity contribution < 1.29 is 14.1 Å². The summed E-state index contributed by atoms with van der Waals surface area (Å²) in [6.45, 7) is 8.25. The molecule has 0 atom stereocenters. The lowest BCUT2D eigenvalue weighted by atomic mass is 10.1. The van der Waals surface area contributed by atoms with Crippen LogP contribution in [0.5, 0.6) is 0 Å². The molecule has 31 heavy (non-hydrogen) atoms. The van der Waals surface area contributed by atoms with Gasteiger partial charge in [-0.1, -0.05) is 16.8 Å². The van der Waals surface area contributed by atoms with Crippen molar-refractivity contribution in [3.05, 3.63) is 57.7 Å². The van der Waals surface area contributed by atoms with Gasteiger partial charge in [0.25, 0.3) is 5.91 Å². The molecule has 4 rings (SSSR count). The van der Waals surface area contributed by atoms with Crippen LogP contribution in [0, 0.1) is 13.8 Å². The topological polar surface area (TPSA) is 95.3 Å². The van der Waals surface area contributed by atoms with E-state index in [1.54, 1.807) is 12.1 Å². The van der Waals surface area contributed by atoms with E-state index in [2.05, 4.69) is 20.0 Å². The quantitative estimate of drug-likeness (QED) is 0.609. The van der Waals surface area contributed by atoms with Gasteiger partial charge in [0.05, 0.1) is 6.54 Å². The van der Waals surface area contributed by atoms with Crippen molar-refractivity contribution in [2.24, 2.45) is 0 Å². The standard InChI is InChI=1S/C22H24ClN5O3/c1-13-19(15(3)29)14(2)24-20(13)22(30)28-10-8-27(9-11-28)12-18-25-21(26-31-18)16-4-6-17(23)7-5-16/h4-7,24H,8-12H2,1-3H3. The van der Waals surface area contributed by atoms with Gasteiger partial charge in [0, 0.05) is 48.0 Å². The van der Waals surface area contributed by atoms with E-state index in [0.717, 1.165) is 16.8 Å². The number of amides is 1. The van der Waals surface area contributed by atoms with Crippen LogP contribution in [0.2, 0.25) is 5.02 Å². The number of rotatable bonds is 5. The Balaban J connectivity index is 1.36. The molecule has 0 spiro atoms. The first kappa shape index (κ1) is 21.3. The summed E-state index contributed by atoms with van der Waals surface area (Å²) in [6.07, 6.45) is 0. The van der Waals surface area contributed by atoms with Gasteiger partial charge in [-0.3, -0.25) is 14.5 Å². The Hall–Kier alpha value is -2.97. The zero-order chi connectivity index (χ0) is 22.1. The van der Waals surface area contributed by atoms with Gasteiger partial charge in [-0.05, 0) is 50.6 Å². The number of aromatic nitrogens is 3. The Morgan fingerprint density at radius 3 is 2.42 bits per heavy atom. The summed E-state index contributed by atoms with van der Waals surface area (Å²) in [5.74, 6) is 0.953. The van der Waals surface area contributed by atoms with E-state index in [9.17, 15) is 9.59 Å². The van der Waals surface area contributed by atoms with Gasteiger partial charge < -0.3 is 14.4 Å². The third kappa shape index (κ3) is 4.40. The van der Waals surface area contributed by atoms with E-state index < -0.39 is 0 Å². The minimum Gasteiger partial charge on any atom is -0.354 e. The first-order valence-corrected chi connectivity index (χ1v) is 10.5. The lowest BCUT2D eigenvalue weighted by Crippen LogP contribution is -2.48. The fraction of sp³-hybridized carbons (Fsp3) is 0.364. The minimum absolute atomic E-state index is 0.0346. The SMILES string of the molecule is CC(=O)c1c(C)[nH]c(C(=O)N2CCN(Cc3nc(-c4ccc(Cl)cc4)no3)CC2)c1C. The molecular formula is C22H24ClN5O3. The smallest absolute Gasteiger partial charge is 0.270 e. The van der Waals surface area contributed by atoms with E-state index in [-0.39, 0.29) is 11.7 Å². The largest absolute Gasteiger partial charge is 0.354 e. The second-order valence-electron chi connectivity index (χ2n) is 7.77. The van der Waals surface area contributed by atoms with Crippen LogP contribution in [-0.2, 0) is 6.54 Å². The number of nitrogens with one attached hydrogen (secondary N) is 1. The predicted molar refractivity (Wildman–Crippen MR) is 116 cm³/mol. The molecule has 0 aliphatic carbocycles. The number of ketones is 1. The third-order valence-corrected chi connectivity index (χ3v) is 5.84. The molecule has 1 saturated heterocycles. The second-order valence-corrected chi connectivity index (χ2v) is 8.20. The zero-order valence-electron chi connectivity index (χ0n) is 17.7. The summed E-state index contributed by atoms with van der Waals surface area (Å²) in [7, 11) is 0. The van der Waals surface area contributed by atoms with Crippen LogP contribution in [0.4, 0.5) is 0 Å². The number of aryl methyl sites for hydroxylation is 1. The maximum absolute atomic E-state index is 13.0. The van der Waals surface area contributed by atoms with Gasteiger partial charge in [0.1, 0.15) is 5.69 Å². The first-order valence-electron chi connectivity index (χ1n) is 10.1. The maximum Gasteiger partial charge on any atom is 0.270 e. The van der Waals surface area contributed by atoms with Gasteiger partial charge in [0.15, 0.2) is 5.78 Å². The van der Waals surface area contributed by atoms with Crippen LogP contribution in [0.3, 0.4) is 0 Å². The van der Waals surface area contributed by atoms with E-state index in [1.165, 1.54) is 6.92 Å². The van der Waals surface area contributed by atoms with Crippen LogP contribution in [0.25, 0.3) is 11.4 Å². The Kier molecular flexibility index (Phi) is 5.93. The number of nitrogens with zero attached hydrogens (tertiary/aromatic N) is 4. The summed E-state index contributed by atoms with van der Waals surface area (Å²) in [5.41, 5.74) is 3.41. The highest BCUT2D eigenvalue weighted by molar-refractivity contribution is 6.30. The number of H-pyrrole nitrogens is 1. The average Bonchev–Trinajstić information content (AvgIpc) is 3.32. The van der Waals surface area contributed by atoms with Crippen LogP contribution in [0.15, 0.2) is 28.8 Å². The number of aromatic amines is 1. The van der Waals surface area contributed by atoms with Crippen molar-refractivity contribution in [3.8, 4) is 11.4 Å². The highest BCUT2D eigenvalue weighted by atomic mass is 35.5. The van der Waals surface area contributed by atoms with Gasteiger partial charge >= 0.3 is 0 Å². The summed E-state index contributed by atoms with van der Waals surface area (Å²) in [4.78, 5) is 36.4. The van der Waals surface area contributed by atoms with Crippen molar-refractivity contribution in [3.63, 3.8) is 0 Å². The molecule has 1 aliphatic rings. The number of carbonyl (C=O) groups excluding carboxylic acids is 2. The van der Waals surface area contributed by atoms with E-state index in [4.69, 9.17) is 16.1 Å². The molecule has 2 aromatic heterocycles. The van der Waals surface area contributed by atoms with E-state index >= 15 is 0 Å². The molecule has 0 saturated carbocycles. The molecule has 1 amide bonds. The van der Waals surface area contributed by atoms with Crippen LogP contribution < -0.4 is 0 Å². The van der Waals surface area contributed by atoms with Gasteiger partial charge in [0.2, 0.25) is 11.7 Å². The predicted octanol–water partition coefficient (Wildman–Crippen LogP) is 3.50. The zero-order valence-corrected chi connectivity index (χ0v) is 18.5. The molecule has 3 heterocycles. The van der Waals surface area contributed by atoms with Crippen LogP contribution >= 0.6 is 11.6 Å². The summed E-state index contributed by atoms with van der Waals surface area (Å²) in [6, 6.07) is 7.28. The fourth-order valence-electron chi connectivity index (χ4n) is 3.99. The first-order chi connectivity index (χ1) is 14.8. The van der Waals surface area contributed by atoms with Gasteiger partial charge in [-0.2, -0.15) is 4.98 Å². The summed E-state index contributed by atoms with van der Waals surface area (Å²) >= 11 is 5.92. The normalized spacial score (nSPS) is 14.8. The minimum atomic E-state index is -0.0736. The lowest BCUT2D eigenvalue weighted by molar-refractivity contribution is 0.0609. The third-order valence-electron chi connectivity index (χ3n) is 5.59. The molecule has 9 heteroatoms. The number of carbonyl (C=O) groups is 2. The number of piperazine rings is 1. The molecule has 0 unspecified atom stereocenters. The number of halogens is 1. The van der Waals surface area contributed by atoms with E-state index in [1.807, 2.05) is 30.9 Å². The Labute approximate surface area is 185 Å². The Morgan fingerprint density at radius 2 is 1.81 bits per heavy atom. The fourth-order valence-corrected chi connectivity index (χ4v) is 4.11. The van der Waals surface area contributed by atoms with Crippen molar-refractivity contribution in [1.82, 2.24) is 24.9 Å². The van der Waals surface area contributed by atoms with Crippen molar-refractivity contribution >= 4 is 23.3 Å². The van der Waals surface area contributed by atoms with Crippen molar-refractivity contribution in [2.45, 2.75) is 27.3 Å². The number of benzene rings is 1. The molecule has 8 nitrogen and oxygen atoms in total. The number of hydrogen-bond acceptors (Lipinski definition) is 6. The van der Waals surface area contributed by atoms with Crippen LogP contribution in [-0.4, -0.2) is 62.8 Å². The number of hydrogen-bond donors (Lipinski definition) is 1. The number of Topliss-reactive ketones (excluding diaryl/α,β-unsaturated/α-hetero) is 1. The molecule has 0 radical (unpaired) electrons. The van der Waals surface area contributed by atoms with Crippen molar-refractivity contribution in [1.29, 1.82) is 0 Å². The second kappa shape index (κ2) is 8.64. The Bertz CT molecular complexity index is 1110. The molecule has 0 bridgehead atoms. The summed E-state index contributed by atoms with van der Waals surface area (Å²) < 4.78 is 5.40. The molecule has 1 N–H and O–H groups in total. The molecule has 162 valence electrons. The highest BCUT2D eigenvalue weighted by Gasteiger charge is 2.27. The van der Waals surface area contributed by atoms with Crippen LogP contribution in [0.1, 0.15) is 44.9 Å². The molecule has 1 aromatic carbocycles.